The van der Waals surface area contributed by atoms with Gasteiger partial charge in [-0.3, -0.25) is 0 Å². The lowest BCUT2D eigenvalue weighted by Gasteiger charge is -2.40. The molecule has 3 unspecified atom stereocenters. The van der Waals surface area contributed by atoms with Gasteiger partial charge in [-0.2, -0.15) is 0 Å². The minimum absolute atomic E-state index is 0.544. The highest BCUT2D eigenvalue weighted by Gasteiger charge is 2.60. The molecule has 18 heavy (non-hydrogen) atoms. The molecule has 3 rings (SSSR count). The molecular formula is C16H30N2. The quantitative estimate of drug-likeness (QED) is 0.825. The van der Waals surface area contributed by atoms with Gasteiger partial charge >= 0.3 is 0 Å². The summed E-state index contributed by atoms with van der Waals surface area (Å²) in [4.78, 5) is 2.62. The molecule has 104 valence electrons. The van der Waals surface area contributed by atoms with Gasteiger partial charge in [0.2, 0.25) is 0 Å². The Hall–Kier alpha value is -0.0800. The van der Waals surface area contributed by atoms with E-state index in [1.165, 1.54) is 58.3 Å². The van der Waals surface area contributed by atoms with Gasteiger partial charge in [-0.15, -0.1) is 0 Å². The number of hydrogen-bond donors (Lipinski definition) is 1. The van der Waals surface area contributed by atoms with Gasteiger partial charge in [0.15, 0.2) is 0 Å². The summed E-state index contributed by atoms with van der Waals surface area (Å²) in [5.41, 5.74) is 1.10. The fourth-order valence-electron chi connectivity index (χ4n) is 4.92. The average molecular weight is 250 g/mol. The van der Waals surface area contributed by atoms with E-state index in [0.29, 0.717) is 10.8 Å². The molecule has 2 saturated carbocycles. The average Bonchev–Trinajstić information content (AvgIpc) is 2.95. The van der Waals surface area contributed by atoms with Crippen LogP contribution in [0.5, 0.6) is 0 Å². The third-order valence-electron chi connectivity index (χ3n) is 6.81. The van der Waals surface area contributed by atoms with E-state index in [0.717, 1.165) is 12.0 Å². The predicted molar refractivity (Wildman–Crippen MR) is 76.7 cm³/mol. The van der Waals surface area contributed by atoms with Gasteiger partial charge in [0, 0.05) is 19.1 Å². The number of rotatable bonds is 4. The van der Waals surface area contributed by atoms with Crippen LogP contribution in [-0.4, -0.2) is 37.1 Å². The van der Waals surface area contributed by atoms with Gasteiger partial charge in [-0.1, -0.05) is 20.8 Å². The van der Waals surface area contributed by atoms with E-state index in [1.54, 1.807) is 0 Å². The number of nitrogens with zero attached hydrogens (tertiary/aromatic N) is 1. The van der Waals surface area contributed by atoms with Crippen molar-refractivity contribution in [2.24, 2.45) is 16.7 Å². The van der Waals surface area contributed by atoms with Crippen molar-refractivity contribution in [3.05, 3.63) is 0 Å². The van der Waals surface area contributed by atoms with Gasteiger partial charge < -0.3 is 10.2 Å². The van der Waals surface area contributed by atoms with E-state index >= 15 is 0 Å². The minimum Gasteiger partial charge on any atom is -0.312 e. The lowest BCUT2D eigenvalue weighted by atomic mass is 9.69. The Morgan fingerprint density at radius 2 is 1.89 bits per heavy atom. The van der Waals surface area contributed by atoms with Crippen LogP contribution in [0.1, 0.15) is 52.9 Å². The second kappa shape index (κ2) is 4.49. The van der Waals surface area contributed by atoms with Crippen LogP contribution in [0.25, 0.3) is 0 Å². The number of likely N-dealkylation sites (tertiary alicyclic amines) is 1. The first-order valence-corrected chi connectivity index (χ1v) is 8.00. The van der Waals surface area contributed by atoms with Crippen LogP contribution in [0.2, 0.25) is 0 Å². The molecule has 0 aromatic heterocycles. The SMILES string of the molecule is CC1(C)C2CCC1(C)C(NCCN1CCCC1)C2. The molecule has 3 aliphatic rings. The molecule has 2 bridgehead atoms. The monoisotopic (exact) mass is 250 g/mol. The van der Waals surface area contributed by atoms with Crippen LogP contribution in [0.3, 0.4) is 0 Å². The Kier molecular flexibility index (Phi) is 3.22. The topological polar surface area (TPSA) is 15.3 Å². The van der Waals surface area contributed by atoms with Crippen molar-refractivity contribution < 1.29 is 0 Å². The summed E-state index contributed by atoms with van der Waals surface area (Å²) < 4.78 is 0. The standard InChI is InChI=1S/C16H30N2/c1-15(2)13-6-7-16(15,3)14(12-13)17-8-11-18-9-4-5-10-18/h13-14,17H,4-12H2,1-3H3. The molecule has 3 atom stereocenters. The Labute approximate surface area is 113 Å². The Bertz CT molecular complexity index is 306. The van der Waals surface area contributed by atoms with Crippen molar-refractivity contribution in [1.29, 1.82) is 0 Å². The first kappa shape index (κ1) is 12.9. The maximum atomic E-state index is 3.89. The maximum Gasteiger partial charge on any atom is 0.0129 e. The van der Waals surface area contributed by atoms with E-state index in [4.69, 9.17) is 0 Å². The van der Waals surface area contributed by atoms with E-state index in [-0.39, 0.29) is 0 Å². The van der Waals surface area contributed by atoms with Crippen molar-refractivity contribution in [3.8, 4) is 0 Å². The Morgan fingerprint density at radius 3 is 2.44 bits per heavy atom. The number of fused-ring (bicyclic) bond motifs is 2. The first-order valence-electron chi connectivity index (χ1n) is 8.00. The van der Waals surface area contributed by atoms with Crippen molar-refractivity contribution in [1.82, 2.24) is 10.2 Å². The summed E-state index contributed by atoms with van der Waals surface area (Å²) in [6.45, 7) is 12.7. The zero-order valence-corrected chi connectivity index (χ0v) is 12.5. The predicted octanol–water partition coefficient (Wildman–Crippen LogP) is 2.89. The van der Waals surface area contributed by atoms with Gasteiger partial charge in [-0.25, -0.2) is 0 Å². The molecule has 0 aromatic carbocycles. The summed E-state index contributed by atoms with van der Waals surface area (Å²) in [6.07, 6.45) is 7.15. The Balaban J connectivity index is 1.52. The zero-order chi connectivity index (χ0) is 12.8. The second-order valence-electron chi connectivity index (χ2n) is 7.67. The highest BCUT2D eigenvalue weighted by atomic mass is 15.2. The molecule has 2 nitrogen and oxygen atoms in total. The van der Waals surface area contributed by atoms with E-state index in [9.17, 15) is 0 Å². The zero-order valence-electron chi connectivity index (χ0n) is 12.5. The van der Waals surface area contributed by atoms with Crippen molar-refractivity contribution in [2.75, 3.05) is 26.2 Å². The largest absolute Gasteiger partial charge is 0.312 e. The van der Waals surface area contributed by atoms with Crippen molar-refractivity contribution >= 4 is 0 Å². The van der Waals surface area contributed by atoms with Gasteiger partial charge in [-0.05, 0) is 61.9 Å². The molecule has 1 N–H and O–H groups in total. The van der Waals surface area contributed by atoms with Crippen LogP contribution < -0.4 is 5.32 Å². The lowest BCUT2D eigenvalue weighted by molar-refractivity contribution is 0.120. The lowest BCUT2D eigenvalue weighted by Crippen LogP contribution is -2.46. The molecule has 3 fully saturated rings. The van der Waals surface area contributed by atoms with Gasteiger partial charge in [0.05, 0.1) is 0 Å². The molecule has 0 amide bonds. The minimum atomic E-state index is 0.544. The fraction of sp³-hybridized carbons (Fsp3) is 1.00. The van der Waals surface area contributed by atoms with Crippen molar-refractivity contribution in [2.45, 2.75) is 58.9 Å². The summed E-state index contributed by atoms with van der Waals surface area (Å²) in [5, 5.41) is 3.89. The third-order valence-corrected chi connectivity index (χ3v) is 6.81. The Morgan fingerprint density at radius 1 is 1.17 bits per heavy atom. The normalized spacial score (nSPS) is 42.8. The number of nitrogens with one attached hydrogen (secondary N) is 1. The second-order valence-corrected chi connectivity index (χ2v) is 7.67. The van der Waals surface area contributed by atoms with Crippen LogP contribution in [0.4, 0.5) is 0 Å². The molecule has 2 heteroatoms. The molecule has 1 heterocycles. The third kappa shape index (κ3) is 1.84. The van der Waals surface area contributed by atoms with Crippen LogP contribution in [0, 0.1) is 16.7 Å². The molecule has 1 aliphatic heterocycles. The maximum absolute atomic E-state index is 3.89. The smallest absolute Gasteiger partial charge is 0.0129 e. The summed E-state index contributed by atoms with van der Waals surface area (Å²) in [7, 11) is 0. The molecule has 1 saturated heterocycles. The van der Waals surface area contributed by atoms with Crippen LogP contribution in [-0.2, 0) is 0 Å². The summed E-state index contributed by atoms with van der Waals surface area (Å²) in [5.74, 6) is 0.965. The first-order chi connectivity index (χ1) is 8.54. The summed E-state index contributed by atoms with van der Waals surface area (Å²) >= 11 is 0. The summed E-state index contributed by atoms with van der Waals surface area (Å²) in [6, 6.07) is 0.772. The van der Waals surface area contributed by atoms with E-state index < -0.39 is 0 Å². The van der Waals surface area contributed by atoms with Gasteiger partial charge in [0.25, 0.3) is 0 Å². The van der Waals surface area contributed by atoms with Crippen LogP contribution >= 0.6 is 0 Å². The van der Waals surface area contributed by atoms with Gasteiger partial charge in [0.1, 0.15) is 0 Å². The van der Waals surface area contributed by atoms with Crippen molar-refractivity contribution in [3.63, 3.8) is 0 Å². The molecule has 0 radical (unpaired) electrons. The van der Waals surface area contributed by atoms with Crippen LogP contribution in [0.15, 0.2) is 0 Å². The highest BCUT2D eigenvalue weighted by molar-refractivity contribution is 5.12. The number of hydrogen-bond acceptors (Lipinski definition) is 2. The highest BCUT2D eigenvalue weighted by Crippen LogP contribution is 2.65. The molecule has 0 spiro atoms. The molecular weight excluding hydrogens is 220 g/mol. The molecule has 2 aliphatic carbocycles. The molecule has 0 aromatic rings. The fourth-order valence-corrected chi connectivity index (χ4v) is 4.92. The van der Waals surface area contributed by atoms with E-state index in [1.807, 2.05) is 0 Å². The van der Waals surface area contributed by atoms with E-state index in [2.05, 4.69) is 31.0 Å².